The third kappa shape index (κ3) is 8.22. The second-order valence-electron chi connectivity index (χ2n) is 13.8. The third-order valence-electron chi connectivity index (χ3n) is 10.2. The van der Waals surface area contributed by atoms with E-state index in [2.05, 4.69) is 0 Å². The molecular weight excluding hydrogens is 1190 g/mol. The molecule has 0 fully saturated rings. The van der Waals surface area contributed by atoms with Crippen molar-refractivity contribution in [2.45, 2.75) is 0 Å². The quantitative estimate of drug-likeness (QED) is 0.176. The van der Waals surface area contributed by atoms with Crippen molar-refractivity contribution in [3.8, 4) is 27.9 Å². The van der Waals surface area contributed by atoms with Crippen LogP contribution < -0.4 is 0 Å². The zero-order valence-corrected chi connectivity index (χ0v) is 44.2. The van der Waals surface area contributed by atoms with Crippen LogP contribution in [0.3, 0.4) is 0 Å². The highest BCUT2D eigenvalue weighted by atomic mass is 35.5. The van der Waals surface area contributed by atoms with Crippen molar-refractivity contribution in [1.29, 1.82) is 0 Å². The summed E-state index contributed by atoms with van der Waals surface area (Å²) in [7, 11) is 0. The Bertz CT molecular complexity index is 3400. The molecular formula is C44H15Cl17N4. The fourth-order valence-corrected chi connectivity index (χ4v) is 12.4. The molecule has 4 nitrogen and oxygen atoms in total. The number of fused-ring (bicyclic) bond motifs is 8. The minimum atomic E-state index is -0.180. The van der Waals surface area contributed by atoms with E-state index in [1.165, 1.54) is 0 Å². The van der Waals surface area contributed by atoms with Crippen molar-refractivity contribution in [2.75, 3.05) is 0 Å². The average molecular weight is 1200 g/mol. The Morgan fingerprint density at radius 1 is 0.385 bits per heavy atom. The molecule has 330 valence electrons. The topological polar surface area (TPSA) is 35.6 Å². The average Bonchev–Trinajstić information content (AvgIpc) is 3.93. The first-order valence-electron chi connectivity index (χ1n) is 17.9. The molecule has 3 aromatic heterocycles. The Kier molecular flexibility index (Phi) is 14.8. The summed E-state index contributed by atoms with van der Waals surface area (Å²) >= 11 is 115. The van der Waals surface area contributed by atoms with Gasteiger partial charge >= 0.3 is 0 Å². The van der Waals surface area contributed by atoms with Gasteiger partial charge in [0, 0.05) is 55.2 Å². The van der Waals surface area contributed by atoms with Crippen LogP contribution in [0.5, 0.6) is 0 Å². The van der Waals surface area contributed by atoms with E-state index in [0.717, 1.165) is 4.09 Å². The molecule has 2 aliphatic rings. The Labute approximate surface area is 456 Å². The first kappa shape index (κ1) is 49.8. The van der Waals surface area contributed by atoms with Gasteiger partial charge in [0.05, 0.1) is 104 Å². The first-order valence-corrected chi connectivity index (χ1v) is 23.9. The van der Waals surface area contributed by atoms with Gasteiger partial charge in [-0.1, -0.05) is 198 Å². The van der Waals surface area contributed by atoms with Gasteiger partial charge in [0.1, 0.15) is 11.4 Å². The van der Waals surface area contributed by atoms with Crippen LogP contribution in [0.25, 0.3) is 71.7 Å². The molecule has 0 N–H and O–H groups in total. The molecule has 0 amide bonds. The molecule has 0 unspecified atom stereocenters. The lowest BCUT2D eigenvalue weighted by molar-refractivity contribution is 1.17. The van der Waals surface area contributed by atoms with E-state index < -0.39 is 0 Å². The molecule has 4 aromatic carbocycles. The van der Waals surface area contributed by atoms with E-state index in [1.807, 2.05) is 0 Å². The second-order valence-corrected chi connectivity index (χ2v) is 20.0. The lowest BCUT2D eigenvalue weighted by Crippen LogP contribution is -2.02. The van der Waals surface area contributed by atoms with Gasteiger partial charge in [-0.15, -0.1) is 12.4 Å². The highest BCUT2D eigenvalue weighted by Crippen LogP contribution is 2.56. The molecule has 0 spiro atoms. The monoisotopic (exact) mass is 1190 g/mol. The number of hydrogen-bond acceptors (Lipinski definition) is 2. The number of para-hydroxylation sites is 1. The minimum absolute atomic E-state index is 0. The number of benzene rings is 4. The van der Waals surface area contributed by atoms with E-state index in [9.17, 15) is 0 Å². The summed E-state index contributed by atoms with van der Waals surface area (Å²) < 4.78 is 2.74. The van der Waals surface area contributed by atoms with Gasteiger partial charge in [0.2, 0.25) is 0 Å². The highest BCUT2D eigenvalue weighted by molar-refractivity contribution is 6.67. The molecule has 2 aliphatic heterocycles. The lowest BCUT2D eigenvalue weighted by Gasteiger charge is -2.19. The van der Waals surface area contributed by atoms with E-state index in [4.69, 9.17) is 196 Å². The van der Waals surface area contributed by atoms with Gasteiger partial charge in [-0.2, -0.15) is 0 Å². The normalized spacial score (nSPS) is 12.5. The van der Waals surface area contributed by atoms with Crippen LogP contribution in [-0.2, 0) is 0 Å². The summed E-state index contributed by atoms with van der Waals surface area (Å²) in [6.07, 6.45) is 1.71. The second kappa shape index (κ2) is 19.3. The molecule has 0 aliphatic carbocycles. The number of aromatic nitrogens is 4. The van der Waals surface area contributed by atoms with Crippen LogP contribution in [-0.4, -0.2) is 18.6 Å². The van der Waals surface area contributed by atoms with Gasteiger partial charge in [-0.25, -0.2) is 14.1 Å². The highest BCUT2D eigenvalue weighted by Gasteiger charge is 2.34. The maximum absolute atomic E-state index is 7.77. The van der Waals surface area contributed by atoms with Crippen LogP contribution in [0.2, 0.25) is 65.3 Å². The summed E-state index contributed by atoms with van der Waals surface area (Å²) in [6, 6.07) is 21.4. The molecule has 21 heteroatoms. The van der Waals surface area contributed by atoms with Crippen molar-refractivity contribution in [3.05, 3.63) is 172 Å². The van der Waals surface area contributed by atoms with Crippen molar-refractivity contribution in [1.82, 2.24) is 18.6 Å². The summed E-state index contributed by atoms with van der Waals surface area (Å²) in [4.78, 5) is 10.0. The SMILES string of the molecule is Cl.ClC1=C(Cl)c2nc1c(Cl)c1c(Cl)c(Cl)c(cc3nc(c(-c4c(Cl)cccc4Cl)c4c(-c5c(Cl)cccc5Cl)c(Cl)c(c2Cl)n4-c2c(Cl)cccc2Cl)C(c2c(Cl)cccc2Cl)=C3)n1Cl. The van der Waals surface area contributed by atoms with Gasteiger partial charge in [-0.05, 0) is 60.7 Å². The Morgan fingerprint density at radius 3 is 1.31 bits per heavy atom. The number of nitrogens with zero attached hydrogens (tertiary/aromatic N) is 4. The first-order chi connectivity index (χ1) is 30.4. The van der Waals surface area contributed by atoms with Crippen LogP contribution in [0.1, 0.15) is 28.3 Å². The molecule has 65 heavy (non-hydrogen) atoms. The van der Waals surface area contributed by atoms with Crippen molar-refractivity contribution in [2.24, 2.45) is 0 Å². The smallest absolute Gasteiger partial charge is 0.105 e. The zero-order chi connectivity index (χ0) is 45.8. The standard InChI is InChI=1S/C44H14Cl16N4.ClH/c45-17-5-1-6-18(46)26(17)16-13-15-14-25-31(53)35(57)44(64(25)60)37(59)40-34(56)33(55)39(62-40)36(58)43-32(54)29(27-19(47)7-2-8-20(27)48)42(63(43)41-23(51)11-4-12-24(41)52)30(38(16)61-15)28-21(49)9-3-10-22(28)50;/h1-14H;1H. The largest absolute Gasteiger partial charge is 0.303 e. The van der Waals surface area contributed by atoms with E-state index in [1.54, 1.807) is 89.5 Å². The maximum Gasteiger partial charge on any atom is 0.105 e. The number of rotatable bonds is 4. The van der Waals surface area contributed by atoms with E-state index in [0.29, 0.717) is 11.1 Å². The third-order valence-corrected chi connectivity index (χ3v) is 15.8. The summed E-state index contributed by atoms with van der Waals surface area (Å²) in [5, 5.41) is 0.823. The van der Waals surface area contributed by atoms with Crippen LogP contribution in [0, 0.1) is 0 Å². The van der Waals surface area contributed by atoms with E-state index >= 15 is 0 Å². The van der Waals surface area contributed by atoms with Gasteiger partial charge < -0.3 is 4.57 Å². The van der Waals surface area contributed by atoms with Crippen LogP contribution in [0.15, 0.2) is 78.9 Å². The fraction of sp³-hybridized carbons (Fsp3) is 0. The Balaban J connectivity index is 0.00000576. The van der Waals surface area contributed by atoms with Crippen molar-refractivity contribution in [3.63, 3.8) is 0 Å². The molecule has 5 heterocycles. The molecule has 0 saturated heterocycles. The van der Waals surface area contributed by atoms with Crippen LogP contribution in [0.4, 0.5) is 0 Å². The molecule has 9 rings (SSSR count). The molecule has 0 atom stereocenters. The summed E-state index contributed by atoms with van der Waals surface area (Å²) in [6.45, 7) is 0. The maximum atomic E-state index is 7.77. The molecule has 0 saturated carbocycles. The molecule has 8 bridgehead atoms. The zero-order valence-electron chi connectivity index (χ0n) is 31.3. The minimum Gasteiger partial charge on any atom is -0.303 e. The van der Waals surface area contributed by atoms with Gasteiger partial charge in [-0.3, -0.25) is 0 Å². The van der Waals surface area contributed by atoms with Gasteiger partial charge in [0.15, 0.2) is 0 Å². The van der Waals surface area contributed by atoms with Crippen molar-refractivity contribution < 1.29 is 0 Å². The Morgan fingerprint density at radius 2 is 0.815 bits per heavy atom. The fourth-order valence-electron chi connectivity index (χ4n) is 7.49. The summed E-state index contributed by atoms with van der Waals surface area (Å²) in [5.41, 5.74) is 2.45. The number of halogens is 17. The summed E-state index contributed by atoms with van der Waals surface area (Å²) in [5.74, 6) is 0. The number of hydrogen-bond donors (Lipinski definition) is 0. The molecule has 0 radical (unpaired) electrons. The Hall–Kier alpha value is -1.59. The predicted molar refractivity (Wildman–Crippen MR) is 286 cm³/mol. The van der Waals surface area contributed by atoms with Crippen molar-refractivity contribution >= 4 is 242 Å². The lowest BCUT2D eigenvalue weighted by atomic mass is 9.93. The van der Waals surface area contributed by atoms with Crippen LogP contribution >= 0.6 is 198 Å². The predicted octanol–water partition coefficient (Wildman–Crippen LogP) is 21.4. The van der Waals surface area contributed by atoms with Gasteiger partial charge in [0.25, 0.3) is 0 Å². The van der Waals surface area contributed by atoms with E-state index in [-0.39, 0.29) is 161 Å². The molecule has 7 aromatic rings.